The molecule has 2 aromatic rings. The van der Waals surface area contributed by atoms with Gasteiger partial charge in [-0.2, -0.15) is 14.9 Å². The van der Waals surface area contributed by atoms with E-state index in [1.165, 1.54) is 10.9 Å². The molecule has 2 rings (SSSR count). The van der Waals surface area contributed by atoms with Gasteiger partial charge < -0.3 is 5.73 Å². The van der Waals surface area contributed by atoms with Gasteiger partial charge in [0.1, 0.15) is 0 Å². The van der Waals surface area contributed by atoms with E-state index in [0.29, 0.717) is 17.1 Å². The third-order valence-electron chi connectivity index (χ3n) is 2.17. The maximum Gasteiger partial charge on any atom is 0.298 e. The number of nitrogens with two attached hydrogens (primary N) is 1. The van der Waals surface area contributed by atoms with Crippen LogP contribution in [-0.4, -0.2) is 25.9 Å². The van der Waals surface area contributed by atoms with Crippen LogP contribution in [0.5, 0.6) is 0 Å². The summed E-state index contributed by atoms with van der Waals surface area (Å²) in [6, 6.07) is 1.67. The van der Waals surface area contributed by atoms with Gasteiger partial charge in [0, 0.05) is 5.69 Å². The summed E-state index contributed by atoms with van der Waals surface area (Å²) >= 11 is 0. The standard InChI is InChI=1S/C9H11N5O/c1-5-3-8(13-12-5)9(15)14-6(2)7(10)4-11-14/h3-4H,10H2,1-2H3,(H,12,13). The average molecular weight is 205 g/mol. The minimum atomic E-state index is -0.284. The molecule has 0 radical (unpaired) electrons. The predicted molar refractivity (Wildman–Crippen MR) is 54.4 cm³/mol. The second-order valence-electron chi connectivity index (χ2n) is 3.34. The van der Waals surface area contributed by atoms with Gasteiger partial charge in [-0.15, -0.1) is 0 Å². The zero-order valence-electron chi connectivity index (χ0n) is 8.48. The van der Waals surface area contributed by atoms with Crippen molar-refractivity contribution in [2.75, 3.05) is 5.73 Å². The summed E-state index contributed by atoms with van der Waals surface area (Å²) in [5, 5.41) is 10.5. The number of nitrogens with zero attached hydrogens (tertiary/aromatic N) is 3. The van der Waals surface area contributed by atoms with Gasteiger partial charge in [-0.1, -0.05) is 0 Å². The smallest absolute Gasteiger partial charge is 0.298 e. The molecule has 0 bridgehead atoms. The van der Waals surface area contributed by atoms with Gasteiger partial charge in [0.15, 0.2) is 5.69 Å². The number of aromatic nitrogens is 4. The number of carbonyl (C=O) groups is 1. The Morgan fingerprint density at radius 1 is 1.53 bits per heavy atom. The van der Waals surface area contributed by atoms with Crippen LogP contribution in [0.25, 0.3) is 0 Å². The van der Waals surface area contributed by atoms with E-state index in [9.17, 15) is 4.79 Å². The Kier molecular flexibility index (Phi) is 2.03. The molecule has 0 atom stereocenters. The molecule has 0 fully saturated rings. The number of anilines is 1. The Morgan fingerprint density at radius 3 is 2.73 bits per heavy atom. The molecule has 78 valence electrons. The summed E-state index contributed by atoms with van der Waals surface area (Å²) in [7, 11) is 0. The summed E-state index contributed by atoms with van der Waals surface area (Å²) < 4.78 is 1.24. The third-order valence-corrected chi connectivity index (χ3v) is 2.17. The second-order valence-corrected chi connectivity index (χ2v) is 3.34. The molecule has 0 aliphatic rings. The molecule has 0 saturated heterocycles. The maximum absolute atomic E-state index is 11.9. The van der Waals surface area contributed by atoms with E-state index in [0.717, 1.165) is 5.69 Å². The monoisotopic (exact) mass is 205 g/mol. The molecule has 0 saturated carbocycles. The topological polar surface area (TPSA) is 89.6 Å². The fourth-order valence-corrected chi connectivity index (χ4v) is 1.26. The number of hydrogen-bond donors (Lipinski definition) is 2. The fourth-order valence-electron chi connectivity index (χ4n) is 1.26. The lowest BCUT2D eigenvalue weighted by Gasteiger charge is -1.99. The zero-order valence-corrected chi connectivity index (χ0v) is 8.48. The van der Waals surface area contributed by atoms with Crippen LogP contribution < -0.4 is 5.73 Å². The number of aryl methyl sites for hydroxylation is 1. The van der Waals surface area contributed by atoms with Crippen LogP contribution in [0.2, 0.25) is 0 Å². The van der Waals surface area contributed by atoms with Gasteiger partial charge in [0.2, 0.25) is 0 Å². The van der Waals surface area contributed by atoms with E-state index in [-0.39, 0.29) is 5.91 Å². The number of hydrogen-bond acceptors (Lipinski definition) is 4. The van der Waals surface area contributed by atoms with Crippen LogP contribution in [0.1, 0.15) is 21.9 Å². The average Bonchev–Trinajstić information content (AvgIpc) is 2.75. The lowest BCUT2D eigenvalue weighted by molar-refractivity contribution is 0.0938. The summed E-state index contributed by atoms with van der Waals surface area (Å²) in [6.07, 6.45) is 1.45. The van der Waals surface area contributed by atoms with Gasteiger partial charge in [0.25, 0.3) is 5.91 Å². The molecule has 0 spiro atoms. The van der Waals surface area contributed by atoms with Crippen molar-refractivity contribution >= 4 is 11.6 Å². The molecule has 0 aliphatic heterocycles. The van der Waals surface area contributed by atoms with Gasteiger partial charge in [-0.3, -0.25) is 9.89 Å². The van der Waals surface area contributed by atoms with Gasteiger partial charge >= 0.3 is 0 Å². The molecule has 0 aliphatic carbocycles. The Hall–Kier alpha value is -2.11. The predicted octanol–water partition coefficient (Wildman–Crippen LogP) is 0.494. The highest BCUT2D eigenvalue weighted by Crippen LogP contribution is 2.10. The Labute approximate surface area is 86.1 Å². The van der Waals surface area contributed by atoms with Crippen molar-refractivity contribution in [2.45, 2.75) is 13.8 Å². The Balaban J connectivity index is 2.41. The lowest BCUT2D eigenvalue weighted by Crippen LogP contribution is -2.15. The van der Waals surface area contributed by atoms with Crippen molar-refractivity contribution < 1.29 is 4.79 Å². The maximum atomic E-state index is 11.9. The van der Waals surface area contributed by atoms with Gasteiger partial charge in [-0.25, -0.2) is 0 Å². The molecule has 15 heavy (non-hydrogen) atoms. The summed E-state index contributed by atoms with van der Waals surface area (Å²) in [5.41, 5.74) is 7.88. The Morgan fingerprint density at radius 2 is 2.27 bits per heavy atom. The summed E-state index contributed by atoms with van der Waals surface area (Å²) in [5.74, 6) is -0.284. The second kappa shape index (κ2) is 3.23. The quantitative estimate of drug-likeness (QED) is 0.709. The molecule has 6 nitrogen and oxygen atoms in total. The third kappa shape index (κ3) is 1.50. The van der Waals surface area contributed by atoms with Crippen LogP contribution >= 0.6 is 0 Å². The number of nitrogen functional groups attached to an aromatic ring is 1. The number of carbonyl (C=O) groups excluding carboxylic acids is 1. The molecular weight excluding hydrogens is 194 g/mol. The molecule has 0 aromatic carbocycles. The van der Waals surface area contributed by atoms with Crippen molar-refractivity contribution in [3.05, 3.63) is 29.3 Å². The van der Waals surface area contributed by atoms with Crippen LogP contribution in [-0.2, 0) is 0 Å². The minimum Gasteiger partial charge on any atom is -0.396 e. The van der Waals surface area contributed by atoms with Crippen molar-refractivity contribution in [3.8, 4) is 0 Å². The van der Waals surface area contributed by atoms with Crippen molar-refractivity contribution in [3.63, 3.8) is 0 Å². The van der Waals surface area contributed by atoms with Crippen LogP contribution in [0, 0.1) is 13.8 Å². The molecule has 6 heteroatoms. The number of nitrogens with one attached hydrogen (secondary N) is 1. The van der Waals surface area contributed by atoms with Crippen molar-refractivity contribution in [2.24, 2.45) is 0 Å². The first-order valence-electron chi connectivity index (χ1n) is 4.46. The van der Waals surface area contributed by atoms with Crippen molar-refractivity contribution in [1.29, 1.82) is 0 Å². The highest BCUT2D eigenvalue weighted by atomic mass is 16.2. The molecule has 2 heterocycles. The van der Waals surface area contributed by atoms with Crippen molar-refractivity contribution in [1.82, 2.24) is 20.0 Å². The van der Waals surface area contributed by atoms with Gasteiger partial charge in [0.05, 0.1) is 17.6 Å². The van der Waals surface area contributed by atoms with Crippen LogP contribution in [0.4, 0.5) is 5.69 Å². The first kappa shape index (κ1) is 9.45. The highest BCUT2D eigenvalue weighted by Gasteiger charge is 2.15. The number of aromatic amines is 1. The molecular formula is C9H11N5O. The lowest BCUT2D eigenvalue weighted by atomic mass is 10.3. The minimum absolute atomic E-state index is 0.284. The SMILES string of the molecule is Cc1cc(C(=O)n2ncc(N)c2C)n[nH]1. The van der Waals surface area contributed by atoms with Gasteiger partial charge in [-0.05, 0) is 19.9 Å². The summed E-state index contributed by atoms with van der Waals surface area (Å²) in [4.78, 5) is 11.9. The van der Waals surface area contributed by atoms with E-state index >= 15 is 0 Å². The highest BCUT2D eigenvalue weighted by molar-refractivity contribution is 5.94. The summed E-state index contributed by atoms with van der Waals surface area (Å²) in [6.45, 7) is 3.56. The number of H-pyrrole nitrogens is 1. The zero-order chi connectivity index (χ0) is 11.0. The van der Waals surface area contributed by atoms with E-state index in [4.69, 9.17) is 5.73 Å². The first-order chi connectivity index (χ1) is 7.09. The van der Waals surface area contributed by atoms with E-state index < -0.39 is 0 Å². The van der Waals surface area contributed by atoms with E-state index in [2.05, 4.69) is 15.3 Å². The van der Waals surface area contributed by atoms with Crippen LogP contribution in [0.3, 0.4) is 0 Å². The van der Waals surface area contributed by atoms with E-state index in [1.54, 1.807) is 13.0 Å². The molecule has 3 N–H and O–H groups in total. The normalized spacial score (nSPS) is 10.5. The number of rotatable bonds is 1. The molecule has 0 amide bonds. The molecule has 0 unspecified atom stereocenters. The Bertz CT molecular complexity index is 510. The van der Waals surface area contributed by atoms with E-state index in [1.807, 2.05) is 6.92 Å². The molecule has 2 aromatic heterocycles. The fraction of sp³-hybridized carbons (Fsp3) is 0.222. The van der Waals surface area contributed by atoms with Crippen LogP contribution in [0.15, 0.2) is 12.3 Å². The first-order valence-corrected chi connectivity index (χ1v) is 4.46. The largest absolute Gasteiger partial charge is 0.396 e.